The van der Waals surface area contributed by atoms with Crippen LogP contribution in [0.15, 0.2) is 36.9 Å². The molecule has 1 aromatic carbocycles. The highest BCUT2D eigenvalue weighted by atomic mass is 32.1. The van der Waals surface area contributed by atoms with Gasteiger partial charge in [-0.15, -0.1) is 11.3 Å². The second-order valence-corrected chi connectivity index (χ2v) is 4.98. The van der Waals surface area contributed by atoms with Gasteiger partial charge in [-0.1, -0.05) is 24.8 Å². The first-order chi connectivity index (χ1) is 7.20. The van der Waals surface area contributed by atoms with E-state index in [0.29, 0.717) is 0 Å². The van der Waals surface area contributed by atoms with Crippen molar-refractivity contribution in [1.29, 1.82) is 0 Å². The maximum Gasteiger partial charge on any atom is 0.0348 e. The summed E-state index contributed by atoms with van der Waals surface area (Å²) in [5, 5.41) is 0. The zero-order valence-corrected chi connectivity index (χ0v) is 9.90. The van der Waals surface area contributed by atoms with E-state index in [0.717, 1.165) is 0 Å². The predicted molar refractivity (Wildman–Crippen MR) is 69.3 cm³/mol. The van der Waals surface area contributed by atoms with E-state index in [1.165, 1.54) is 26.4 Å². The molecule has 0 spiro atoms. The summed E-state index contributed by atoms with van der Waals surface area (Å²) in [6.45, 7) is 8.09. The molecule has 2 rings (SSSR count). The second kappa shape index (κ2) is 4.03. The molecule has 0 N–H and O–H groups in total. The minimum absolute atomic E-state index is 1.18. The molecule has 0 bridgehead atoms. The molecule has 0 saturated carbocycles. The van der Waals surface area contributed by atoms with Crippen LogP contribution in [0.5, 0.6) is 0 Å². The van der Waals surface area contributed by atoms with Gasteiger partial charge in [0.25, 0.3) is 0 Å². The first-order valence-corrected chi connectivity index (χ1v) is 5.82. The Kier molecular flexibility index (Phi) is 2.74. The normalized spacial score (nSPS) is 10.3. The van der Waals surface area contributed by atoms with Gasteiger partial charge in [0, 0.05) is 9.75 Å². The maximum atomic E-state index is 3.80. The largest absolute Gasteiger partial charge is 0.141 e. The molecule has 0 nitrogen and oxygen atoms in total. The number of thiophene rings is 1. The van der Waals surface area contributed by atoms with Crippen LogP contribution >= 0.6 is 11.3 Å². The summed E-state index contributed by atoms with van der Waals surface area (Å²) in [5.74, 6) is 0. The molecule has 0 fully saturated rings. The summed E-state index contributed by atoms with van der Waals surface area (Å²) >= 11 is 1.84. The van der Waals surface area contributed by atoms with Crippen molar-refractivity contribution in [2.45, 2.75) is 13.8 Å². The molecule has 76 valence electrons. The third kappa shape index (κ3) is 2.02. The van der Waals surface area contributed by atoms with E-state index in [-0.39, 0.29) is 0 Å². The van der Waals surface area contributed by atoms with Crippen molar-refractivity contribution in [1.82, 2.24) is 0 Å². The average Bonchev–Trinajstić information content (AvgIpc) is 2.65. The van der Waals surface area contributed by atoms with Gasteiger partial charge in [0.05, 0.1) is 0 Å². The molecular weight excluding hydrogens is 200 g/mol. The van der Waals surface area contributed by atoms with Gasteiger partial charge in [-0.3, -0.25) is 0 Å². The highest BCUT2D eigenvalue weighted by Gasteiger charge is 2.04. The topological polar surface area (TPSA) is 0 Å². The summed E-state index contributed by atoms with van der Waals surface area (Å²) in [4.78, 5) is 2.70. The number of aryl methyl sites for hydroxylation is 2. The van der Waals surface area contributed by atoms with Gasteiger partial charge in [-0.05, 0) is 48.7 Å². The summed E-state index contributed by atoms with van der Waals surface area (Å²) in [5.41, 5.74) is 3.83. The van der Waals surface area contributed by atoms with E-state index >= 15 is 0 Å². The van der Waals surface area contributed by atoms with E-state index in [9.17, 15) is 0 Å². The van der Waals surface area contributed by atoms with E-state index in [2.05, 4.69) is 50.8 Å². The lowest BCUT2D eigenvalue weighted by molar-refractivity contribution is 1.47. The van der Waals surface area contributed by atoms with Crippen LogP contribution in [0.3, 0.4) is 0 Å². The molecule has 0 atom stereocenters. The third-order valence-electron chi connectivity index (χ3n) is 2.50. The SMILES string of the molecule is C=Cc1ccc(C)c(-c2ccc(C)s2)c1. The Morgan fingerprint density at radius 1 is 1.13 bits per heavy atom. The first kappa shape index (κ1) is 10.2. The van der Waals surface area contributed by atoms with Crippen LogP contribution in [-0.4, -0.2) is 0 Å². The minimum Gasteiger partial charge on any atom is -0.141 e. The quantitative estimate of drug-likeness (QED) is 0.681. The predicted octanol–water partition coefficient (Wildman–Crippen LogP) is 4.67. The van der Waals surface area contributed by atoms with Gasteiger partial charge in [0.1, 0.15) is 0 Å². The lowest BCUT2D eigenvalue weighted by Gasteiger charge is -2.04. The Morgan fingerprint density at radius 3 is 2.53 bits per heavy atom. The number of hydrogen-bond acceptors (Lipinski definition) is 1. The van der Waals surface area contributed by atoms with Crippen LogP contribution in [0.2, 0.25) is 0 Å². The Morgan fingerprint density at radius 2 is 1.93 bits per heavy atom. The molecule has 15 heavy (non-hydrogen) atoms. The highest BCUT2D eigenvalue weighted by Crippen LogP contribution is 2.31. The Labute approximate surface area is 94.9 Å². The zero-order valence-electron chi connectivity index (χ0n) is 9.08. The van der Waals surface area contributed by atoms with Crippen molar-refractivity contribution < 1.29 is 0 Å². The Hall–Kier alpha value is -1.34. The van der Waals surface area contributed by atoms with E-state index in [4.69, 9.17) is 0 Å². The monoisotopic (exact) mass is 214 g/mol. The smallest absolute Gasteiger partial charge is 0.0348 e. The van der Waals surface area contributed by atoms with Crippen molar-refractivity contribution in [3.05, 3.63) is 52.9 Å². The van der Waals surface area contributed by atoms with Crippen molar-refractivity contribution in [3.63, 3.8) is 0 Å². The molecular formula is C14H14S. The van der Waals surface area contributed by atoms with Crippen molar-refractivity contribution in [2.75, 3.05) is 0 Å². The van der Waals surface area contributed by atoms with Crippen molar-refractivity contribution in [2.24, 2.45) is 0 Å². The molecule has 0 radical (unpaired) electrons. The summed E-state index contributed by atoms with van der Waals surface area (Å²) in [6.07, 6.45) is 1.89. The highest BCUT2D eigenvalue weighted by molar-refractivity contribution is 7.15. The Balaban J connectivity index is 2.55. The fourth-order valence-electron chi connectivity index (χ4n) is 1.61. The number of rotatable bonds is 2. The van der Waals surface area contributed by atoms with Gasteiger partial charge in [0.15, 0.2) is 0 Å². The van der Waals surface area contributed by atoms with E-state index < -0.39 is 0 Å². The van der Waals surface area contributed by atoms with Gasteiger partial charge < -0.3 is 0 Å². The first-order valence-electron chi connectivity index (χ1n) is 5.00. The van der Waals surface area contributed by atoms with E-state index in [1.807, 2.05) is 17.4 Å². The van der Waals surface area contributed by atoms with Crippen LogP contribution in [0.1, 0.15) is 16.0 Å². The van der Waals surface area contributed by atoms with Crippen LogP contribution in [-0.2, 0) is 0 Å². The maximum absolute atomic E-state index is 3.80. The molecule has 1 heteroatoms. The summed E-state index contributed by atoms with van der Waals surface area (Å²) in [6, 6.07) is 10.8. The molecule has 0 aliphatic heterocycles. The van der Waals surface area contributed by atoms with E-state index in [1.54, 1.807) is 0 Å². The van der Waals surface area contributed by atoms with Crippen molar-refractivity contribution >= 4 is 17.4 Å². The molecule has 0 saturated heterocycles. The van der Waals surface area contributed by atoms with Crippen LogP contribution in [0.4, 0.5) is 0 Å². The molecule has 1 aromatic heterocycles. The lowest BCUT2D eigenvalue weighted by atomic mass is 10.0. The van der Waals surface area contributed by atoms with Gasteiger partial charge in [-0.2, -0.15) is 0 Å². The second-order valence-electron chi connectivity index (χ2n) is 3.69. The summed E-state index contributed by atoms with van der Waals surface area (Å²) < 4.78 is 0. The van der Waals surface area contributed by atoms with Crippen LogP contribution < -0.4 is 0 Å². The Bertz CT molecular complexity index is 492. The molecule has 1 heterocycles. The van der Waals surface area contributed by atoms with Crippen LogP contribution in [0.25, 0.3) is 16.5 Å². The van der Waals surface area contributed by atoms with Crippen molar-refractivity contribution in [3.8, 4) is 10.4 Å². The lowest BCUT2D eigenvalue weighted by Crippen LogP contribution is -1.81. The zero-order chi connectivity index (χ0) is 10.8. The molecule has 0 aliphatic carbocycles. The average molecular weight is 214 g/mol. The standard InChI is InChI=1S/C14H14S/c1-4-12-7-5-10(2)13(9-12)14-8-6-11(3)15-14/h4-9H,1H2,2-3H3. The number of benzene rings is 1. The van der Waals surface area contributed by atoms with Gasteiger partial charge in [0.2, 0.25) is 0 Å². The molecule has 0 aliphatic rings. The molecule has 0 amide bonds. The minimum atomic E-state index is 1.18. The van der Waals surface area contributed by atoms with Crippen LogP contribution in [0, 0.1) is 13.8 Å². The number of hydrogen-bond donors (Lipinski definition) is 0. The fourth-order valence-corrected chi connectivity index (χ4v) is 2.56. The van der Waals surface area contributed by atoms with Gasteiger partial charge >= 0.3 is 0 Å². The summed E-state index contributed by atoms with van der Waals surface area (Å²) in [7, 11) is 0. The van der Waals surface area contributed by atoms with Gasteiger partial charge in [-0.25, -0.2) is 0 Å². The third-order valence-corrected chi connectivity index (χ3v) is 3.54. The fraction of sp³-hybridized carbons (Fsp3) is 0.143. The molecule has 0 unspecified atom stereocenters. The molecule has 2 aromatic rings.